The second-order valence-corrected chi connectivity index (χ2v) is 8.75. The molecule has 0 heterocycles. The van der Waals surface area contributed by atoms with E-state index in [9.17, 15) is 19.5 Å². The fraction of sp³-hybridized carbons (Fsp3) is 0.458. The van der Waals surface area contributed by atoms with Gasteiger partial charge in [-0.15, -0.1) is 0 Å². The Hall–Kier alpha value is -2.93. The van der Waals surface area contributed by atoms with Crippen LogP contribution in [0.4, 0.5) is 0 Å². The fourth-order valence-corrected chi connectivity index (χ4v) is 3.46. The lowest BCUT2D eigenvalue weighted by molar-refractivity contribution is -0.143. The van der Waals surface area contributed by atoms with Crippen molar-refractivity contribution < 1.29 is 19.5 Å². The predicted octanol–water partition coefficient (Wildman–Crippen LogP) is 2.47. The summed E-state index contributed by atoms with van der Waals surface area (Å²) in [5.41, 5.74) is 7.06. The highest BCUT2D eigenvalue weighted by atomic mass is 16.4. The van der Waals surface area contributed by atoms with E-state index in [0.717, 1.165) is 16.3 Å². The summed E-state index contributed by atoms with van der Waals surface area (Å²) in [5.74, 6) is -2.22. The summed E-state index contributed by atoms with van der Waals surface area (Å²) in [6.45, 7) is 7.29. The van der Waals surface area contributed by atoms with Gasteiger partial charge >= 0.3 is 5.97 Å². The Bertz CT molecular complexity index is 926. The number of carboxylic acids is 1. The van der Waals surface area contributed by atoms with Crippen molar-refractivity contribution in [2.45, 2.75) is 58.7 Å². The monoisotopic (exact) mass is 427 g/mol. The standard InChI is InChI=1S/C24H33N3O4/c1-14(2)11-20(23(29)27-21(15(3)4)24(30)31)26-22(28)19(25)13-16-9-10-17-7-5-6-8-18(17)12-16/h5-10,12,14-15,19-21H,11,13,25H2,1-4H3,(H,26,28)(H,27,29)(H,30,31)/t19-,20-,21-/m0/s1. The van der Waals surface area contributed by atoms with E-state index in [4.69, 9.17) is 5.73 Å². The molecule has 0 aliphatic rings. The molecule has 3 atom stereocenters. The Morgan fingerprint density at radius 3 is 2.16 bits per heavy atom. The number of aliphatic carboxylic acids is 1. The van der Waals surface area contributed by atoms with Gasteiger partial charge in [-0.2, -0.15) is 0 Å². The molecule has 0 aromatic heterocycles. The molecule has 31 heavy (non-hydrogen) atoms. The molecule has 0 radical (unpaired) electrons. The Labute approximate surface area is 183 Å². The van der Waals surface area contributed by atoms with Gasteiger partial charge in [0.05, 0.1) is 6.04 Å². The highest BCUT2D eigenvalue weighted by Crippen LogP contribution is 2.16. The lowest BCUT2D eigenvalue weighted by Gasteiger charge is -2.25. The van der Waals surface area contributed by atoms with Gasteiger partial charge in [0, 0.05) is 0 Å². The van der Waals surface area contributed by atoms with Gasteiger partial charge in [0.2, 0.25) is 11.8 Å². The van der Waals surface area contributed by atoms with Crippen molar-refractivity contribution in [2.24, 2.45) is 17.6 Å². The lowest BCUT2D eigenvalue weighted by Crippen LogP contribution is -2.56. The molecule has 0 aliphatic carbocycles. The third kappa shape index (κ3) is 7.07. The first-order chi connectivity index (χ1) is 14.6. The van der Waals surface area contributed by atoms with Gasteiger partial charge in [-0.3, -0.25) is 9.59 Å². The molecule has 0 bridgehead atoms. The second-order valence-electron chi connectivity index (χ2n) is 8.75. The van der Waals surface area contributed by atoms with Gasteiger partial charge in [0.25, 0.3) is 0 Å². The molecule has 5 N–H and O–H groups in total. The van der Waals surface area contributed by atoms with Crippen molar-refractivity contribution in [3.05, 3.63) is 48.0 Å². The molecule has 2 amide bonds. The minimum atomic E-state index is -1.11. The maximum atomic E-state index is 12.7. The zero-order chi connectivity index (χ0) is 23.1. The van der Waals surface area contributed by atoms with Gasteiger partial charge in [-0.1, -0.05) is 70.2 Å². The van der Waals surface area contributed by atoms with E-state index in [1.165, 1.54) is 0 Å². The van der Waals surface area contributed by atoms with Crippen molar-refractivity contribution in [3.63, 3.8) is 0 Å². The summed E-state index contributed by atoms with van der Waals surface area (Å²) < 4.78 is 0. The number of nitrogens with two attached hydrogens (primary N) is 1. The Kier molecular flexibility index (Phi) is 8.56. The van der Waals surface area contributed by atoms with Gasteiger partial charge < -0.3 is 21.5 Å². The Morgan fingerprint density at radius 2 is 1.58 bits per heavy atom. The molecule has 0 saturated heterocycles. The highest BCUT2D eigenvalue weighted by molar-refractivity contribution is 5.92. The van der Waals surface area contributed by atoms with Crippen LogP contribution < -0.4 is 16.4 Å². The SMILES string of the molecule is CC(C)C[C@H](NC(=O)[C@@H](N)Cc1ccc2ccccc2c1)C(=O)N[C@H](C(=O)O)C(C)C. The molecule has 0 fully saturated rings. The maximum Gasteiger partial charge on any atom is 0.326 e. The normalized spacial score (nSPS) is 14.3. The molecule has 2 aromatic rings. The molecule has 2 aromatic carbocycles. The second kappa shape index (κ2) is 10.9. The van der Waals surface area contributed by atoms with Gasteiger partial charge in [-0.25, -0.2) is 4.79 Å². The molecule has 0 unspecified atom stereocenters. The molecule has 7 heteroatoms. The summed E-state index contributed by atoms with van der Waals surface area (Å²) in [6, 6.07) is 11.2. The molecular formula is C24H33N3O4. The number of rotatable bonds is 10. The molecule has 7 nitrogen and oxygen atoms in total. The largest absolute Gasteiger partial charge is 0.480 e. The number of benzene rings is 2. The van der Waals surface area contributed by atoms with Crippen molar-refractivity contribution in [1.82, 2.24) is 10.6 Å². The van der Waals surface area contributed by atoms with Gasteiger partial charge in [0.15, 0.2) is 0 Å². The van der Waals surface area contributed by atoms with E-state index in [1.54, 1.807) is 13.8 Å². The maximum absolute atomic E-state index is 12.7. The molecule has 0 saturated carbocycles. The minimum Gasteiger partial charge on any atom is -0.480 e. The molecule has 0 spiro atoms. The van der Waals surface area contributed by atoms with Crippen molar-refractivity contribution in [2.75, 3.05) is 0 Å². The van der Waals surface area contributed by atoms with Crippen LogP contribution in [0.15, 0.2) is 42.5 Å². The van der Waals surface area contributed by atoms with Crippen LogP contribution in [0, 0.1) is 11.8 Å². The molecular weight excluding hydrogens is 394 g/mol. The van der Waals surface area contributed by atoms with Crippen molar-refractivity contribution in [3.8, 4) is 0 Å². The third-order valence-electron chi connectivity index (χ3n) is 5.18. The van der Waals surface area contributed by atoms with Crippen molar-refractivity contribution >= 4 is 28.6 Å². The van der Waals surface area contributed by atoms with Gasteiger partial charge in [-0.05, 0) is 41.0 Å². The van der Waals surface area contributed by atoms with E-state index in [2.05, 4.69) is 10.6 Å². The highest BCUT2D eigenvalue weighted by Gasteiger charge is 2.30. The van der Waals surface area contributed by atoms with Crippen molar-refractivity contribution in [1.29, 1.82) is 0 Å². The molecule has 2 rings (SSSR count). The number of carbonyl (C=O) groups excluding carboxylic acids is 2. The van der Waals surface area contributed by atoms with E-state index in [-0.39, 0.29) is 11.8 Å². The van der Waals surface area contributed by atoms with Crippen LogP contribution >= 0.6 is 0 Å². The smallest absolute Gasteiger partial charge is 0.326 e. The summed E-state index contributed by atoms with van der Waals surface area (Å²) in [7, 11) is 0. The molecule has 168 valence electrons. The predicted molar refractivity (Wildman–Crippen MR) is 121 cm³/mol. The number of fused-ring (bicyclic) bond motifs is 1. The first-order valence-electron chi connectivity index (χ1n) is 10.6. The van der Waals surface area contributed by atoms with Gasteiger partial charge in [0.1, 0.15) is 12.1 Å². The number of carboxylic acid groups (broad SMARTS) is 1. The van der Waals surface area contributed by atoms with Crippen LogP contribution in [-0.2, 0) is 20.8 Å². The number of carbonyl (C=O) groups is 3. The average molecular weight is 428 g/mol. The van der Waals surface area contributed by atoms with Crippen LogP contribution in [0.5, 0.6) is 0 Å². The fourth-order valence-electron chi connectivity index (χ4n) is 3.46. The zero-order valence-corrected chi connectivity index (χ0v) is 18.6. The topological polar surface area (TPSA) is 122 Å². The van der Waals surface area contributed by atoms with E-state index in [1.807, 2.05) is 56.3 Å². The quantitative estimate of drug-likeness (QED) is 0.464. The van der Waals surface area contributed by atoms with Crippen LogP contribution in [0.3, 0.4) is 0 Å². The molecule has 0 aliphatic heterocycles. The Morgan fingerprint density at radius 1 is 0.935 bits per heavy atom. The van der Waals surface area contributed by atoms with E-state index < -0.39 is 35.9 Å². The summed E-state index contributed by atoms with van der Waals surface area (Å²) >= 11 is 0. The third-order valence-corrected chi connectivity index (χ3v) is 5.18. The lowest BCUT2D eigenvalue weighted by atomic mass is 9.99. The summed E-state index contributed by atoms with van der Waals surface area (Å²) in [6.07, 6.45) is 0.709. The number of amides is 2. The zero-order valence-electron chi connectivity index (χ0n) is 18.6. The Balaban J connectivity index is 2.07. The first kappa shape index (κ1) is 24.3. The van der Waals surface area contributed by atoms with E-state index >= 15 is 0 Å². The van der Waals surface area contributed by atoms with Crippen LogP contribution in [0.25, 0.3) is 10.8 Å². The van der Waals surface area contributed by atoms with Crippen LogP contribution in [-0.4, -0.2) is 41.0 Å². The summed E-state index contributed by atoms with van der Waals surface area (Å²) in [5, 5.41) is 16.8. The minimum absolute atomic E-state index is 0.120. The number of hydrogen-bond acceptors (Lipinski definition) is 4. The number of hydrogen-bond donors (Lipinski definition) is 4. The number of nitrogens with one attached hydrogen (secondary N) is 2. The first-order valence-corrected chi connectivity index (χ1v) is 10.6. The van der Waals surface area contributed by atoms with E-state index in [0.29, 0.717) is 12.8 Å². The summed E-state index contributed by atoms with van der Waals surface area (Å²) in [4.78, 5) is 36.9. The average Bonchev–Trinajstić information content (AvgIpc) is 2.70. The van der Waals surface area contributed by atoms with Crippen LogP contribution in [0.2, 0.25) is 0 Å². The van der Waals surface area contributed by atoms with Crippen LogP contribution in [0.1, 0.15) is 39.7 Å².